The van der Waals surface area contributed by atoms with Crippen LogP contribution in [-0.2, 0) is 6.42 Å². The first-order chi connectivity index (χ1) is 7.24. The summed E-state index contributed by atoms with van der Waals surface area (Å²) in [5.41, 5.74) is 0. The normalized spacial score (nSPS) is 10.5. The van der Waals surface area contributed by atoms with Gasteiger partial charge in [0.2, 0.25) is 5.13 Å². The predicted octanol–water partition coefficient (Wildman–Crippen LogP) is 2.27. The third-order valence-electron chi connectivity index (χ3n) is 1.81. The molecule has 0 aliphatic rings. The van der Waals surface area contributed by atoms with Crippen molar-refractivity contribution < 1.29 is 0 Å². The van der Waals surface area contributed by atoms with Crippen LogP contribution >= 0.6 is 22.7 Å². The van der Waals surface area contributed by atoms with Gasteiger partial charge in [-0.05, 0) is 13.8 Å². The summed E-state index contributed by atoms with van der Waals surface area (Å²) in [5, 5.41) is 14.2. The van der Waals surface area contributed by atoms with Crippen molar-refractivity contribution in [3.05, 3.63) is 21.1 Å². The Kier molecular flexibility index (Phi) is 3.27. The molecule has 0 aromatic carbocycles. The second-order valence-electron chi connectivity index (χ2n) is 3.17. The molecule has 2 rings (SSSR count). The maximum atomic E-state index is 4.30. The van der Waals surface area contributed by atoms with Crippen LogP contribution in [0, 0.1) is 13.8 Å². The Morgan fingerprint density at radius 3 is 2.73 bits per heavy atom. The Balaban J connectivity index is 1.80. The standard InChI is InChI=1S/C9H12N4S2/c1-6-5-11-8(14-6)3-4-10-9-13-12-7(2)15-9/h5H,3-4H2,1-2H3,(H,10,13). The van der Waals surface area contributed by atoms with E-state index in [0.29, 0.717) is 0 Å². The fourth-order valence-electron chi connectivity index (χ4n) is 1.16. The topological polar surface area (TPSA) is 50.7 Å². The van der Waals surface area contributed by atoms with E-state index < -0.39 is 0 Å². The third-order valence-corrected chi connectivity index (χ3v) is 3.58. The molecular formula is C9H12N4S2. The molecule has 0 aliphatic carbocycles. The lowest BCUT2D eigenvalue weighted by atomic mass is 10.4. The van der Waals surface area contributed by atoms with Gasteiger partial charge in [0.25, 0.3) is 0 Å². The zero-order valence-electron chi connectivity index (χ0n) is 8.65. The smallest absolute Gasteiger partial charge is 0.205 e. The molecule has 0 amide bonds. The summed E-state index contributed by atoms with van der Waals surface area (Å²) < 4.78 is 0. The molecule has 15 heavy (non-hydrogen) atoms. The molecule has 0 fully saturated rings. The molecule has 0 saturated carbocycles. The van der Waals surface area contributed by atoms with E-state index in [-0.39, 0.29) is 0 Å². The minimum atomic E-state index is 0.863. The number of nitrogens with zero attached hydrogens (tertiary/aromatic N) is 3. The second-order valence-corrected chi connectivity index (χ2v) is 5.67. The van der Waals surface area contributed by atoms with Gasteiger partial charge in [0.15, 0.2) is 0 Å². The van der Waals surface area contributed by atoms with E-state index in [9.17, 15) is 0 Å². The van der Waals surface area contributed by atoms with Gasteiger partial charge in [-0.2, -0.15) is 0 Å². The number of rotatable bonds is 4. The average molecular weight is 240 g/mol. The van der Waals surface area contributed by atoms with E-state index in [2.05, 4.69) is 27.4 Å². The van der Waals surface area contributed by atoms with Gasteiger partial charge in [-0.1, -0.05) is 11.3 Å². The molecule has 0 unspecified atom stereocenters. The highest BCUT2D eigenvalue weighted by Crippen LogP contribution is 2.15. The van der Waals surface area contributed by atoms with Gasteiger partial charge >= 0.3 is 0 Å². The zero-order chi connectivity index (χ0) is 10.7. The summed E-state index contributed by atoms with van der Waals surface area (Å²) in [5.74, 6) is 0. The highest BCUT2D eigenvalue weighted by Gasteiger charge is 2.01. The highest BCUT2D eigenvalue weighted by molar-refractivity contribution is 7.15. The molecule has 2 aromatic rings. The number of aryl methyl sites for hydroxylation is 2. The van der Waals surface area contributed by atoms with Crippen molar-refractivity contribution in [2.75, 3.05) is 11.9 Å². The van der Waals surface area contributed by atoms with Gasteiger partial charge in [0, 0.05) is 24.0 Å². The van der Waals surface area contributed by atoms with E-state index in [1.54, 1.807) is 22.7 Å². The summed E-state index contributed by atoms with van der Waals surface area (Å²) in [6.07, 6.45) is 2.85. The summed E-state index contributed by atoms with van der Waals surface area (Å²) in [6.45, 7) is 4.89. The van der Waals surface area contributed by atoms with Crippen LogP contribution in [0.4, 0.5) is 5.13 Å². The summed E-state index contributed by atoms with van der Waals surface area (Å²) in [4.78, 5) is 5.56. The van der Waals surface area contributed by atoms with Crippen molar-refractivity contribution in [2.45, 2.75) is 20.3 Å². The fourth-order valence-corrected chi connectivity index (χ4v) is 2.57. The van der Waals surface area contributed by atoms with Gasteiger partial charge in [-0.25, -0.2) is 4.98 Å². The van der Waals surface area contributed by atoms with E-state index >= 15 is 0 Å². The van der Waals surface area contributed by atoms with Crippen LogP contribution in [0.1, 0.15) is 14.9 Å². The number of anilines is 1. The number of hydrogen-bond donors (Lipinski definition) is 1. The maximum absolute atomic E-state index is 4.30. The molecule has 80 valence electrons. The predicted molar refractivity (Wildman–Crippen MR) is 63.7 cm³/mol. The Bertz CT molecular complexity index is 395. The first-order valence-corrected chi connectivity index (χ1v) is 6.32. The molecule has 4 nitrogen and oxygen atoms in total. The van der Waals surface area contributed by atoms with Gasteiger partial charge in [-0.15, -0.1) is 21.5 Å². The van der Waals surface area contributed by atoms with Crippen molar-refractivity contribution >= 4 is 27.8 Å². The molecule has 2 heterocycles. The number of thiazole rings is 1. The SMILES string of the molecule is Cc1cnc(CCNc2nnc(C)s2)s1. The van der Waals surface area contributed by atoms with Gasteiger partial charge in [-0.3, -0.25) is 0 Å². The van der Waals surface area contributed by atoms with Crippen molar-refractivity contribution in [1.82, 2.24) is 15.2 Å². The van der Waals surface area contributed by atoms with Crippen LogP contribution in [0.25, 0.3) is 0 Å². The van der Waals surface area contributed by atoms with Crippen molar-refractivity contribution in [1.29, 1.82) is 0 Å². The van der Waals surface area contributed by atoms with Crippen LogP contribution in [0.5, 0.6) is 0 Å². The Morgan fingerprint density at radius 1 is 1.27 bits per heavy atom. The molecule has 6 heteroatoms. The Hall–Kier alpha value is -1.01. The number of aromatic nitrogens is 3. The Morgan fingerprint density at radius 2 is 2.13 bits per heavy atom. The lowest BCUT2D eigenvalue weighted by Crippen LogP contribution is -2.04. The van der Waals surface area contributed by atoms with Gasteiger partial charge in [0.05, 0.1) is 5.01 Å². The minimum absolute atomic E-state index is 0.863. The van der Waals surface area contributed by atoms with Gasteiger partial charge < -0.3 is 5.32 Å². The zero-order valence-corrected chi connectivity index (χ0v) is 10.3. The van der Waals surface area contributed by atoms with Crippen molar-refractivity contribution in [3.8, 4) is 0 Å². The maximum Gasteiger partial charge on any atom is 0.205 e. The van der Waals surface area contributed by atoms with E-state index in [4.69, 9.17) is 0 Å². The average Bonchev–Trinajstić information content (AvgIpc) is 2.76. The van der Waals surface area contributed by atoms with Crippen LogP contribution in [-0.4, -0.2) is 21.7 Å². The van der Waals surface area contributed by atoms with Crippen molar-refractivity contribution in [3.63, 3.8) is 0 Å². The summed E-state index contributed by atoms with van der Waals surface area (Å²) in [7, 11) is 0. The molecule has 0 saturated heterocycles. The number of hydrogen-bond acceptors (Lipinski definition) is 6. The van der Waals surface area contributed by atoms with Crippen LogP contribution in [0.15, 0.2) is 6.20 Å². The molecule has 1 N–H and O–H groups in total. The fraction of sp³-hybridized carbons (Fsp3) is 0.444. The second kappa shape index (κ2) is 4.67. The van der Waals surface area contributed by atoms with Gasteiger partial charge in [0.1, 0.15) is 5.01 Å². The molecule has 2 aromatic heterocycles. The Labute approximate surface area is 96.4 Å². The lowest BCUT2D eigenvalue weighted by Gasteiger charge is -1.98. The molecule has 0 bridgehead atoms. The van der Waals surface area contributed by atoms with Crippen LogP contribution < -0.4 is 5.32 Å². The van der Waals surface area contributed by atoms with Crippen LogP contribution in [0.3, 0.4) is 0 Å². The molecule has 0 radical (unpaired) electrons. The quantitative estimate of drug-likeness (QED) is 0.890. The summed E-state index contributed by atoms with van der Waals surface area (Å²) >= 11 is 3.32. The molecule has 0 spiro atoms. The highest BCUT2D eigenvalue weighted by atomic mass is 32.1. The largest absolute Gasteiger partial charge is 0.360 e. The van der Waals surface area contributed by atoms with Crippen LogP contribution in [0.2, 0.25) is 0 Å². The minimum Gasteiger partial charge on any atom is -0.360 e. The first-order valence-electron chi connectivity index (χ1n) is 4.69. The molecule has 0 aliphatic heterocycles. The summed E-state index contributed by atoms with van der Waals surface area (Å²) in [6, 6.07) is 0. The first kappa shape index (κ1) is 10.5. The van der Waals surface area contributed by atoms with E-state index in [1.165, 1.54) is 9.88 Å². The number of nitrogens with one attached hydrogen (secondary N) is 1. The third kappa shape index (κ3) is 2.97. The monoisotopic (exact) mass is 240 g/mol. The molecule has 0 atom stereocenters. The van der Waals surface area contributed by atoms with E-state index in [1.807, 2.05) is 13.1 Å². The lowest BCUT2D eigenvalue weighted by molar-refractivity contribution is 0.974. The molecular weight excluding hydrogens is 228 g/mol. The van der Waals surface area contributed by atoms with Crippen molar-refractivity contribution in [2.24, 2.45) is 0 Å². The van der Waals surface area contributed by atoms with E-state index in [0.717, 1.165) is 23.1 Å².